The topological polar surface area (TPSA) is 21.3 Å². The first kappa shape index (κ1) is 14.4. The fourth-order valence-corrected chi connectivity index (χ4v) is 2.75. The van der Waals surface area contributed by atoms with Crippen molar-refractivity contribution < 1.29 is 13.5 Å². The third kappa shape index (κ3) is 2.65. The van der Waals surface area contributed by atoms with Crippen LogP contribution in [0.3, 0.4) is 0 Å². The molecule has 3 unspecified atom stereocenters. The number of benzene rings is 1. The van der Waals surface area contributed by atoms with Crippen LogP contribution in [0.5, 0.6) is 0 Å². The van der Waals surface area contributed by atoms with Crippen LogP contribution in [0.4, 0.5) is 8.78 Å². The lowest BCUT2D eigenvalue weighted by atomic mass is 9.64. The summed E-state index contributed by atoms with van der Waals surface area (Å²) in [6.07, 6.45) is 1.19. The Labute approximate surface area is 113 Å². The highest BCUT2D eigenvalue weighted by atomic mass is 19.2. The van der Waals surface area contributed by atoms with Crippen LogP contribution in [0, 0.1) is 17.0 Å². The van der Waals surface area contributed by atoms with Gasteiger partial charge < -0.3 is 10.1 Å². The number of ether oxygens (including phenoxy) is 1. The molecule has 0 amide bonds. The predicted molar refractivity (Wildman–Crippen MR) is 70.9 cm³/mol. The molecule has 4 heteroatoms. The first-order valence-corrected chi connectivity index (χ1v) is 6.60. The molecule has 3 atom stereocenters. The number of methoxy groups -OCH3 is 1. The minimum Gasteiger partial charge on any atom is -0.381 e. The highest BCUT2D eigenvalue weighted by Gasteiger charge is 2.48. The van der Waals surface area contributed by atoms with Crippen molar-refractivity contribution in [2.75, 3.05) is 7.11 Å². The lowest BCUT2D eigenvalue weighted by Crippen LogP contribution is -2.60. The molecule has 0 aromatic heterocycles. The van der Waals surface area contributed by atoms with Gasteiger partial charge in [-0.1, -0.05) is 19.9 Å². The molecule has 1 aliphatic carbocycles. The van der Waals surface area contributed by atoms with Gasteiger partial charge in [-0.15, -0.1) is 0 Å². The third-order valence-corrected chi connectivity index (χ3v) is 4.36. The summed E-state index contributed by atoms with van der Waals surface area (Å²) in [5.41, 5.74) is 0.817. The van der Waals surface area contributed by atoms with Gasteiger partial charge in [0, 0.05) is 24.6 Å². The fourth-order valence-electron chi connectivity index (χ4n) is 2.75. The van der Waals surface area contributed by atoms with E-state index in [2.05, 4.69) is 19.2 Å². The van der Waals surface area contributed by atoms with Crippen LogP contribution in [-0.4, -0.2) is 19.3 Å². The Hall–Kier alpha value is -1.00. The van der Waals surface area contributed by atoms with Gasteiger partial charge in [0.1, 0.15) is 0 Å². The zero-order chi connectivity index (χ0) is 14.2. The van der Waals surface area contributed by atoms with Crippen molar-refractivity contribution >= 4 is 0 Å². The molecule has 1 aromatic rings. The molecule has 19 heavy (non-hydrogen) atoms. The maximum absolute atomic E-state index is 13.2. The predicted octanol–water partition coefficient (Wildman–Crippen LogP) is 3.43. The molecule has 106 valence electrons. The Bertz CT molecular complexity index is 461. The van der Waals surface area contributed by atoms with Crippen LogP contribution in [0.25, 0.3) is 0 Å². The Morgan fingerprint density at radius 3 is 2.53 bits per heavy atom. The second-order valence-electron chi connectivity index (χ2n) is 5.90. The molecule has 0 bridgehead atoms. The molecule has 1 aromatic carbocycles. The van der Waals surface area contributed by atoms with Gasteiger partial charge in [-0.3, -0.25) is 0 Å². The summed E-state index contributed by atoms with van der Waals surface area (Å²) in [6, 6.07) is 4.35. The van der Waals surface area contributed by atoms with Gasteiger partial charge in [-0.2, -0.15) is 0 Å². The third-order valence-electron chi connectivity index (χ3n) is 4.36. The number of hydrogen-bond acceptors (Lipinski definition) is 2. The number of halogens is 2. The summed E-state index contributed by atoms with van der Waals surface area (Å²) in [4.78, 5) is 0. The van der Waals surface area contributed by atoms with Crippen molar-refractivity contribution in [2.45, 2.75) is 45.4 Å². The Morgan fingerprint density at radius 1 is 1.32 bits per heavy atom. The van der Waals surface area contributed by atoms with Crippen molar-refractivity contribution in [1.82, 2.24) is 5.32 Å². The summed E-state index contributed by atoms with van der Waals surface area (Å²) in [5, 5.41) is 3.46. The molecular weight excluding hydrogens is 248 g/mol. The summed E-state index contributed by atoms with van der Waals surface area (Å²) < 4.78 is 31.5. The second kappa shape index (κ2) is 5.17. The summed E-state index contributed by atoms with van der Waals surface area (Å²) >= 11 is 0. The average Bonchev–Trinajstić information content (AvgIpc) is 2.36. The molecule has 1 N–H and O–H groups in total. The fraction of sp³-hybridized carbons (Fsp3) is 0.600. The second-order valence-corrected chi connectivity index (χ2v) is 5.90. The summed E-state index contributed by atoms with van der Waals surface area (Å²) in [7, 11) is 1.72. The van der Waals surface area contributed by atoms with Gasteiger partial charge in [-0.25, -0.2) is 8.78 Å². The molecule has 0 saturated heterocycles. The van der Waals surface area contributed by atoms with Crippen molar-refractivity contribution in [1.29, 1.82) is 0 Å². The zero-order valence-corrected chi connectivity index (χ0v) is 11.8. The molecule has 0 aliphatic heterocycles. The van der Waals surface area contributed by atoms with Gasteiger partial charge >= 0.3 is 0 Å². The average molecular weight is 269 g/mol. The molecule has 1 saturated carbocycles. The van der Waals surface area contributed by atoms with Crippen molar-refractivity contribution in [3.8, 4) is 0 Å². The summed E-state index contributed by atoms with van der Waals surface area (Å²) in [5.74, 6) is -1.60. The monoisotopic (exact) mass is 269 g/mol. The number of rotatable bonds is 4. The Morgan fingerprint density at radius 2 is 2.00 bits per heavy atom. The van der Waals surface area contributed by atoms with Gasteiger partial charge in [0.15, 0.2) is 11.6 Å². The minimum absolute atomic E-state index is 0.0165. The van der Waals surface area contributed by atoms with E-state index in [0.717, 1.165) is 12.0 Å². The normalized spacial score (nSPS) is 26.8. The van der Waals surface area contributed by atoms with Crippen LogP contribution >= 0.6 is 0 Å². The molecule has 1 fully saturated rings. The van der Waals surface area contributed by atoms with E-state index >= 15 is 0 Å². The lowest BCUT2D eigenvalue weighted by molar-refractivity contribution is -0.0999. The molecule has 0 spiro atoms. The first-order valence-electron chi connectivity index (χ1n) is 6.60. The maximum atomic E-state index is 13.2. The maximum Gasteiger partial charge on any atom is 0.159 e. The lowest BCUT2D eigenvalue weighted by Gasteiger charge is -2.52. The van der Waals surface area contributed by atoms with Gasteiger partial charge in [0.05, 0.1) is 6.10 Å². The number of hydrogen-bond donors (Lipinski definition) is 1. The molecule has 0 radical (unpaired) electrons. The standard InChI is InChI=1S/C15H21F2NO/c1-9(10-5-6-11(16)12(17)7-10)18-13-8-14(19-4)15(13,2)3/h5-7,9,13-14,18H,8H2,1-4H3. The van der Waals surface area contributed by atoms with E-state index < -0.39 is 11.6 Å². The van der Waals surface area contributed by atoms with Gasteiger partial charge in [0.25, 0.3) is 0 Å². The molecule has 2 rings (SSSR count). The molecular formula is C15H21F2NO. The van der Waals surface area contributed by atoms with E-state index in [0.29, 0.717) is 6.04 Å². The van der Waals surface area contributed by atoms with Crippen LogP contribution in [0.15, 0.2) is 18.2 Å². The van der Waals surface area contributed by atoms with Crippen LogP contribution < -0.4 is 5.32 Å². The highest BCUT2D eigenvalue weighted by molar-refractivity contribution is 5.21. The molecule has 1 aliphatic rings. The zero-order valence-electron chi connectivity index (χ0n) is 11.8. The van der Waals surface area contributed by atoms with Crippen molar-refractivity contribution in [2.24, 2.45) is 5.41 Å². The SMILES string of the molecule is COC1CC(NC(C)c2ccc(F)c(F)c2)C1(C)C. The van der Waals surface area contributed by atoms with E-state index in [9.17, 15) is 8.78 Å². The quantitative estimate of drug-likeness (QED) is 0.904. The Kier molecular flexibility index (Phi) is 3.92. The largest absolute Gasteiger partial charge is 0.381 e. The van der Waals surface area contributed by atoms with E-state index in [1.54, 1.807) is 13.2 Å². The van der Waals surface area contributed by atoms with E-state index in [1.165, 1.54) is 12.1 Å². The van der Waals surface area contributed by atoms with Crippen molar-refractivity contribution in [3.05, 3.63) is 35.4 Å². The van der Waals surface area contributed by atoms with Crippen molar-refractivity contribution in [3.63, 3.8) is 0 Å². The minimum atomic E-state index is -0.806. The van der Waals surface area contributed by atoms with Gasteiger partial charge in [0.2, 0.25) is 0 Å². The molecule has 2 nitrogen and oxygen atoms in total. The smallest absolute Gasteiger partial charge is 0.159 e. The molecule has 0 heterocycles. The highest BCUT2D eigenvalue weighted by Crippen LogP contribution is 2.43. The Balaban J connectivity index is 2.02. The van der Waals surface area contributed by atoms with Crippen LogP contribution in [0.2, 0.25) is 0 Å². The van der Waals surface area contributed by atoms with E-state index in [4.69, 9.17) is 4.74 Å². The summed E-state index contributed by atoms with van der Waals surface area (Å²) in [6.45, 7) is 6.27. The van der Waals surface area contributed by atoms with E-state index in [1.807, 2.05) is 6.92 Å². The number of nitrogens with one attached hydrogen (secondary N) is 1. The van der Waals surface area contributed by atoms with E-state index in [-0.39, 0.29) is 17.6 Å². The van der Waals surface area contributed by atoms with Crippen LogP contribution in [0.1, 0.15) is 38.8 Å². The first-order chi connectivity index (χ1) is 8.86. The van der Waals surface area contributed by atoms with Crippen LogP contribution in [-0.2, 0) is 4.74 Å². The van der Waals surface area contributed by atoms with Gasteiger partial charge in [-0.05, 0) is 31.0 Å².